The first-order valence-electron chi connectivity index (χ1n) is 4.57. The minimum atomic E-state index is -1.19. The van der Waals surface area contributed by atoms with Crippen LogP contribution in [0, 0.1) is 0 Å². The zero-order valence-corrected chi connectivity index (χ0v) is 14.3. The van der Waals surface area contributed by atoms with Gasteiger partial charge in [-0.05, 0) is 0 Å². The molecule has 0 aliphatic carbocycles. The minimum absolute atomic E-state index is 0. The maximum absolute atomic E-state index is 5.41. The molecule has 0 aliphatic heterocycles. The molecule has 0 aromatic rings. The second-order valence-corrected chi connectivity index (χ2v) is 5.64. The molecule has 0 saturated carbocycles. The van der Waals surface area contributed by atoms with Crippen LogP contribution in [0.3, 0.4) is 0 Å². The molecule has 13 heavy (non-hydrogen) atoms. The average Bonchev–Trinajstić information content (AvgIpc) is 2.03. The number of unbranched alkanes of at least 4 members (excludes halogenated alkanes) is 2. The molecule has 0 rings (SSSR count). The molecular formula is C8H20O2S2Sn. The molecule has 0 atom stereocenters. The second kappa shape index (κ2) is 19.1. The van der Waals surface area contributed by atoms with Gasteiger partial charge >= 0.3 is 80.9 Å². The summed E-state index contributed by atoms with van der Waals surface area (Å²) in [6.45, 7) is 6.21. The van der Waals surface area contributed by atoms with Crippen LogP contribution >= 0.6 is 0 Å². The largest absolute Gasteiger partial charge is 2.00 e. The predicted octanol–water partition coefficient (Wildman–Crippen LogP) is 1.61. The van der Waals surface area contributed by atoms with Gasteiger partial charge in [-0.25, -0.2) is 0 Å². The fourth-order valence-corrected chi connectivity index (χ4v) is 2.84. The van der Waals surface area contributed by atoms with E-state index in [0.717, 1.165) is 13.2 Å². The number of hydrogen-bond acceptors (Lipinski definition) is 2. The second-order valence-electron chi connectivity index (χ2n) is 2.64. The third kappa shape index (κ3) is 19.7. The Morgan fingerprint density at radius 1 is 0.846 bits per heavy atom. The standard InChI is InChI=1S/2C4H9O.2S.Sn.2H/c2*1-2-3-4-5;;;;;/h2*2-4H2,1H3;;;;;/q2*-1;2*-2;+6;;. The SMILES string of the molecule is CCCC[O][SnH2+4][O]CCCC.[S-2].[S-2]. The molecule has 0 saturated heterocycles. The molecule has 0 spiro atoms. The Hall–Kier alpha value is 1.42. The summed E-state index contributed by atoms with van der Waals surface area (Å²) in [6, 6.07) is 0. The van der Waals surface area contributed by atoms with Gasteiger partial charge in [0, 0.05) is 0 Å². The fraction of sp³-hybridized carbons (Fsp3) is 1.00. The molecule has 0 amide bonds. The van der Waals surface area contributed by atoms with E-state index in [2.05, 4.69) is 13.8 Å². The van der Waals surface area contributed by atoms with Crippen LogP contribution in [0.25, 0.3) is 0 Å². The van der Waals surface area contributed by atoms with E-state index in [1.165, 1.54) is 25.7 Å². The van der Waals surface area contributed by atoms with Crippen LogP contribution < -0.4 is 0 Å². The van der Waals surface area contributed by atoms with Gasteiger partial charge in [-0.3, -0.25) is 0 Å². The van der Waals surface area contributed by atoms with Crippen LogP contribution in [0.5, 0.6) is 0 Å². The molecule has 0 aliphatic rings. The van der Waals surface area contributed by atoms with Crippen LogP contribution in [0.4, 0.5) is 0 Å². The van der Waals surface area contributed by atoms with Crippen molar-refractivity contribution in [2.45, 2.75) is 39.5 Å². The molecule has 0 aromatic carbocycles. The van der Waals surface area contributed by atoms with Crippen molar-refractivity contribution in [1.82, 2.24) is 0 Å². The average molecular weight is 331 g/mol. The zero-order chi connectivity index (χ0) is 8.36. The van der Waals surface area contributed by atoms with Crippen LogP contribution in [0.15, 0.2) is 0 Å². The Bertz CT molecular complexity index is 69.2. The maximum atomic E-state index is 5.41. The molecular weight excluding hydrogens is 311 g/mol. The third-order valence-electron chi connectivity index (χ3n) is 1.45. The van der Waals surface area contributed by atoms with E-state index in [1.807, 2.05) is 0 Å². The topological polar surface area (TPSA) is 18.5 Å². The van der Waals surface area contributed by atoms with Gasteiger partial charge in [-0.15, -0.1) is 0 Å². The quantitative estimate of drug-likeness (QED) is 0.497. The van der Waals surface area contributed by atoms with Crippen molar-refractivity contribution in [1.29, 1.82) is 0 Å². The van der Waals surface area contributed by atoms with Crippen molar-refractivity contribution in [2.75, 3.05) is 13.2 Å². The number of rotatable bonds is 8. The maximum Gasteiger partial charge on any atom is -2.00 e. The molecule has 0 fully saturated rings. The third-order valence-corrected chi connectivity index (χ3v) is 4.05. The van der Waals surface area contributed by atoms with Crippen molar-refractivity contribution in [3.63, 3.8) is 0 Å². The van der Waals surface area contributed by atoms with Gasteiger partial charge in [0.2, 0.25) is 0 Å². The van der Waals surface area contributed by atoms with E-state index in [0.29, 0.717) is 0 Å². The van der Waals surface area contributed by atoms with Gasteiger partial charge in [-0.1, -0.05) is 0 Å². The summed E-state index contributed by atoms with van der Waals surface area (Å²) in [4.78, 5) is 0. The molecule has 2 nitrogen and oxygen atoms in total. The normalized spacial score (nSPS) is 8.77. The van der Waals surface area contributed by atoms with E-state index in [1.54, 1.807) is 0 Å². The first-order chi connectivity index (χ1) is 5.41. The van der Waals surface area contributed by atoms with Crippen molar-refractivity contribution >= 4 is 49.0 Å². The zero-order valence-electron chi connectivity index (χ0n) is 8.58. The van der Waals surface area contributed by atoms with E-state index < -0.39 is 22.0 Å². The Labute approximate surface area is 107 Å². The van der Waals surface area contributed by atoms with Crippen molar-refractivity contribution < 1.29 is 6.15 Å². The predicted molar refractivity (Wildman–Crippen MR) is 65.0 cm³/mol. The number of hydrogen-bond donors (Lipinski definition) is 0. The monoisotopic (exact) mass is 332 g/mol. The summed E-state index contributed by atoms with van der Waals surface area (Å²) in [7, 11) is 0. The van der Waals surface area contributed by atoms with Crippen LogP contribution in [-0.2, 0) is 33.1 Å². The van der Waals surface area contributed by atoms with Gasteiger partial charge in [0.1, 0.15) is 0 Å². The van der Waals surface area contributed by atoms with Gasteiger partial charge in [0.15, 0.2) is 0 Å². The van der Waals surface area contributed by atoms with E-state index >= 15 is 0 Å². The molecule has 0 unspecified atom stereocenters. The molecule has 0 N–H and O–H groups in total. The summed E-state index contributed by atoms with van der Waals surface area (Å²) in [5, 5.41) is 0. The molecule has 0 heterocycles. The van der Waals surface area contributed by atoms with Gasteiger partial charge in [0.05, 0.1) is 0 Å². The van der Waals surface area contributed by atoms with Gasteiger partial charge in [0.25, 0.3) is 0 Å². The molecule has 0 aromatic heterocycles. The minimum Gasteiger partial charge on any atom is -2.00 e. The Morgan fingerprint density at radius 2 is 1.23 bits per heavy atom. The summed E-state index contributed by atoms with van der Waals surface area (Å²) in [5.41, 5.74) is 0. The first kappa shape index (κ1) is 19.9. The van der Waals surface area contributed by atoms with Crippen molar-refractivity contribution in [2.24, 2.45) is 0 Å². The molecule has 5 heteroatoms. The van der Waals surface area contributed by atoms with E-state index in [9.17, 15) is 0 Å². The Morgan fingerprint density at radius 3 is 1.54 bits per heavy atom. The summed E-state index contributed by atoms with van der Waals surface area (Å²) in [5.74, 6) is 0. The first-order valence-corrected chi connectivity index (χ1v) is 7.86. The van der Waals surface area contributed by atoms with E-state index in [-0.39, 0.29) is 27.0 Å². The fourth-order valence-electron chi connectivity index (χ4n) is 0.670. The Kier molecular flexibility index (Phi) is 29.2. The summed E-state index contributed by atoms with van der Waals surface area (Å²) >= 11 is -1.19. The Balaban J connectivity index is -0.000000500. The van der Waals surface area contributed by atoms with E-state index in [4.69, 9.17) is 6.15 Å². The summed E-state index contributed by atoms with van der Waals surface area (Å²) in [6.07, 6.45) is 4.82. The van der Waals surface area contributed by atoms with Gasteiger partial charge < -0.3 is 27.0 Å². The summed E-state index contributed by atoms with van der Waals surface area (Å²) < 4.78 is 10.8. The van der Waals surface area contributed by atoms with Crippen LogP contribution in [-0.4, -0.2) is 35.2 Å². The molecule has 4 radical (unpaired) electrons. The van der Waals surface area contributed by atoms with Crippen molar-refractivity contribution in [3.05, 3.63) is 0 Å². The molecule has 80 valence electrons. The molecule has 0 bridgehead atoms. The van der Waals surface area contributed by atoms with Gasteiger partial charge in [-0.2, -0.15) is 0 Å². The smallest absolute Gasteiger partial charge is 2.00 e. The van der Waals surface area contributed by atoms with Crippen LogP contribution in [0.1, 0.15) is 39.5 Å². The van der Waals surface area contributed by atoms with Crippen LogP contribution in [0.2, 0.25) is 0 Å². The van der Waals surface area contributed by atoms with Crippen molar-refractivity contribution in [3.8, 4) is 0 Å².